The van der Waals surface area contributed by atoms with Crippen LogP contribution in [0.4, 0.5) is 10.1 Å². The number of rotatable bonds is 7. The van der Waals surface area contributed by atoms with Crippen molar-refractivity contribution in [3.05, 3.63) is 90.1 Å². The van der Waals surface area contributed by atoms with Crippen molar-refractivity contribution in [1.29, 1.82) is 0 Å². The summed E-state index contributed by atoms with van der Waals surface area (Å²) in [4.78, 5) is 13.5. The molecule has 10 nitrogen and oxygen atoms in total. The number of para-hydroxylation sites is 1. The highest BCUT2D eigenvalue weighted by molar-refractivity contribution is 6.08. The fourth-order valence-corrected chi connectivity index (χ4v) is 3.85. The van der Waals surface area contributed by atoms with Crippen LogP contribution in [0.25, 0.3) is 22.6 Å². The molecule has 0 bridgehead atoms. The van der Waals surface area contributed by atoms with Crippen LogP contribution in [0, 0.1) is 12.7 Å². The maximum Gasteiger partial charge on any atom is 0.259 e. The Hall–Kier alpha value is -5.06. The van der Waals surface area contributed by atoms with Gasteiger partial charge in [0, 0.05) is 11.8 Å². The number of aromatic nitrogens is 6. The molecule has 0 unspecified atom stereocenters. The van der Waals surface area contributed by atoms with Gasteiger partial charge in [0.05, 0.1) is 36.8 Å². The predicted molar refractivity (Wildman–Crippen MR) is 134 cm³/mol. The van der Waals surface area contributed by atoms with E-state index in [-0.39, 0.29) is 11.3 Å². The van der Waals surface area contributed by atoms with Crippen molar-refractivity contribution in [2.75, 3.05) is 19.5 Å². The third kappa shape index (κ3) is 4.61. The van der Waals surface area contributed by atoms with Crippen molar-refractivity contribution >= 4 is 11.6 Å². The van der Waals surface area contributed by atoms with E-state index in [4.69, 9.17) is 9.47 Å². The Morgan fingerprint density at radius 1 is 0.946 bits per heavy atom. The van der Waals surface area contributed by atoms with Gasteiger partial charge in [-0.15, -0.1) is 5.10 Å². The van der Waals surface area contributed by atoms with E-state index in [0.717, 1.165) is 5.69 Å². The van der Waals surface area contributed by atoms with Gasteiger partial charge in [-0.05, 0) is 65.9 Å². The Bertz CT molecular complexity index is 1580. The SMILES string of the molecule is COc1ccc(-c2nn(-c3ccccc3)cc2C(=O)Nc2cc(-n3nnnc3C)ccc2F)cc1OC. The number of aryl methyl sites for hydroxylation is 1. The Morgan fingerprint density at radius 3 is 2.43 bits per heavy atom. The number of amides is 1. The van der Waals surface area contributed by atoms with Crippen molar-refractivity contribution in [3.8, 4) is 34.1 Å². The van der Waals surface area contributed by atoms with Gasteiger partial charge in [-0.2, -0.15) is 9.78 Å². The first-order valence-electron chi connectivity index (χ1n) is 11.2. The van der Waals surface area contributed by atoms with Crippen LogP contribution in [-0.4, -0.2) is 50.1 Å². The zero-order valence-electron chi connectivity index (χ0n) is 20.2. The number of nitrogens with zero attached hydrogens (tertiary/aromatic N) is 6. The number of benzene rings is 3. The summed E-state index contributed by atoms with van der Waals surface area (Å²) in [5.74, 6) is 0.388. The first-order chi connectivity index (χ1) is 18.0. The highest BCUT2D eigenvalue weighted by Gasteiger charge is 2.21. The van der Waals surface area contributed by atoms with E-state index in [0.29, 0.717) is 34.3 Å². The van der Waals surface area contributed by atoms with E-state index < -0.39 is 11.7 Å². The molecule has 3 aromatic carbocycles. The molecule has 5 rings (SSSR count). The second-order valence-electron chi connectivity index (χ2n) is 8.00. The van der Waals surface area contributed by atoms with Gasteiger partial charge in [-0.3, -0.25) is 4.79 Å². The van der Waals surface area contributed by atoms with Gasteiger partial charge in [0.15, 0.2) is 17.3 Å². The highest BCUT2D eigenvalue weighted by Crippen LogP contribution is 2.34. The Labute approximate surface area is 211 Å². The van der Waals surface area contributed by atoms with Crippen molar-refractivity contribution in [1.82, 2.24) is 30.0 Å². The van der Waals surface area contributed by atoms with Crippen LogP contribution in [-0.2, 0) is 0 Å². The van der Waals surface area contributed by atoms with Gasteiger partial charge < -0.3 is 14.8 Å². The predicted octanol–water partition coefficient (Wildman–Crippen LogP) is 4.23. The lowest BCUT2D eigenvalue weighted by molar-refractivity contribution is 0.102. The molecule has 0 atom stereocenters. The quantitative estimate of drug-likeness (QED) is 0.357. The summed E-state index contributed by atoms with van der Waals surface area (Å²) >= 11 is 0. The number of nitrogens with one attached hydrogen (secondary N) is 1. The molecule has 0 aliphatic rings. The van der Waals surface area contributed by atoms with Gasteiger partial charge in [-0.25, -0.2) is 9.07 Å². The summed E-state index contributed by atoms with van der Waals surface area (Å²) in [6.07, 6.45) is 1.60. The molecule has 0 radical (unpaired) electrons. The van der Waals surface area contributed by atoms with Crippen molar-refractivity contribution < 1.29 is 18.7 Å². The molecular weight excluding hydrogens is 477 g/mol. The van der Waals surface area contributed by atoms with Crippen LogP contribution in [0.1, 0.15) is 16.2 Å². The highest BCUT2D eigenvalue weighted by atomic mass is 19.1. The molecule has 0 aliphatic heterocycles. The number of carbonyl (C=O) groups excluding carboxylic acids is 1. The minimum atomic E-state index is -0.606. The smallest absolute Gasteiger partial charge is 0.259 e. The summed E-state index contributed by atoms with van der Waals surface area (Å²) in [7, 11) is 3.07. The molecule has 2 aromatic heterocycles. The molecular formula is C26H22FN7O3. The number of hydrogen-bond donors (Lipinski definition) is 1. The van der Waals surface area contributed by atoms with Crippen molar-refractivity contribution in [2.24, 2.45) is 0 Å². The van der Waals surface area contributed by atoms with Gasteiger partial charge in [0.1, 0.15) is 11.5 Å². The maximum atomic E-state index is 14.7. The Balaban J connectivity index is 1.57. The number of anilines is 1. The van der Waals surface area contributed by atoms with E-state index in [9.17, 15) is 9.18 Å². The molecule has 0 saturated heterocycles. The molecule has 37 heavy (non-hydrogen) atoms. The zero-order valence-corrected chi connectivity index (χ0v) is 20.2. The maximum absolute atomic E-state index is 14.7. The lowest BCUT2D eigenvalue weighted by atomic mass is 10.1. The average molecular weight is 500 g/mol. The lowest BCUT2D eigenvalue weighted by Crippen LogP contribution is -2.14. The van der Waals surface area contributed by atoms with E-state index >= 15 is 0 Å². The summed E-state index contributed by atoms with van der Waals surface area (Å²) in [6.45, 7) is 1.72. The Kier molecular flexibility index (Phi) is 6.33. The molecule has 0 aliphatic carbocycles. The number of halogens is 1. The van der Waals surface area contributed by atoms with Crippen molar-refractivity contribution in [2.45, 2.75) is 6.92 Å². The standard InChI is InChI=1S/C26H22FN7O3/c1-16-29-31-32-34(16)19-10-11-21(27)22(14-19)28-26(35)20-15-33(18-7-5-4-6-8-18)30-25(20)17-9-12-23(36-2)24(13-17)37-3/h4-15H,1-3H3,(H,28,35). The normalized spacial score (nSPS) is 10.8. The molecule has 5 aromatic rings. The summed E-state index contributed by atoms with van der Waals surface area (Å²) < 4.78 is 28.5. The molecule has 2 heterocycles. The zero-order chi connectivity index (χ0) is 25.9. The van der Waals surface area contributed by atoms with Crippen LogP contribution in [0.2, 0.25) is 0 Å². The molecule has 0 spiro atoms. The molecule has 186 valence electrons. The number of ether oxygens (including phenoxy) is 2. The summed E-state index contributed by atoms with van der Waals surface area (Å²) in [6, 6.07) is 18.8. The first-order valence-corrected chi connectivity index (χ1v) is 11.2. The topological polar surface area (TPSA) is 109 Å². The van der Waals surface area contributed by atoms with Crippen LogP contribution >= 0.6 is 0 Å². The van der Waals surface area contributed by atoms with Gasteiger partial charge >= 0.3 is 0 Å². The van der Waals surface area contributed by atoms with E-state index in [1.807, 2.05) is 30.3 Å². The third-order valence-corrected chi connectivity index (χ3v) is 5.70. The second kappa shape index (κ2) is 9.90. The Morgan fingerprint density at radius 2 is 1.73 bits per heavy atom. The van der Waals surface area contributed by atoms with Crippen LogP contribution in [0.5, 0.6) is 11.5 Å². The van der Waals surface area contributed by atoms with Crippen LogP contribution < -0.4 is 14.8 Å². The number of methoxy groups -OCH3 is 2. The largest absolute Gasteiger partial charge is 0.493 e. The van der Waals surface area contributed by atoms with E-state index in [1.165, 1.54) is 30.0 Å². The molecule has 11 heteroatoms. The van der Waals surface area contributed by atoms with Gasteiger partial charge in [-0.1, -0.05) is 18.2 Å². The average Bonchev–Trinajstić information content (AvgIpc) is 3.57. The second-order valence-corrected chi connectivity index (χ2v) is 8.00. The number of carbonyl (C=O) groups is 1. The van der Waals surface area contributed by atoms with Crippen LogP contribution in [0.15, 0.2) is 72.9 Å². The van der Waals surface area contributed by atoms with Crippen LogP contribution in [0.3, 0.4) is 0 Å². The number of tetrazole rings is 1. The summed E-state index contributed by atoms with van der Waals surface area (Å²) in [5, 5.41) is 18.7. The fourth-order valence-electron chi connectivity index (χ4n) is 3.85. The molecule has 0 fully saturated rings. The summed E-state index contributed by atoms with van der Waals surface area (Å²) in [5.41, 5.74) is 2.47. The van der Waals surface area contributed by atoms with Gasteiger partial charge in [0.25, 0.3) is 5.91 Å². The fraction of sp³-hybridized carbons (Fsp3) is 0.115. The minimum absolute atomic E-state index is 0.0249. The molecule has 1 N–H and O–H groups in total. The van der Waals surface area contributed by atoms with E-state index in [2.05, 4.69) is 25.9 Å². The third-order valence-electron chi connectivity index (χ3n) is 5.70. The van der Waals surface area contributed by atoms with Gasteiger partial charge in [0.2, 0.25) is 0 Å². The first kappa shape index (κ1) is 23.7. The lowest BCUT2D eigenvalue weighted by Gasteiger charge is -2.11. The molecule has 1 amide bonds. The monoisotopic (exact) mass is 499 g/mol. The number of hydrogen-bond acceptors (Lipinski definition) is 7. The minimum Gasteiger partial charge on any atom is -0.493 e. The van der Waals surface area contributed by atoms with Crippen molar-refractivity contribution in [3.63, 3.8) is 0 Å². The molecule has 0 saturated carbocycles. The van der Waals surface area contributed by atoms with E-state index in [1.54, 1.807) is 43.1 Å².